The molecule has 1 aromatic rings. The Kier molecular flexibility index (Phi) is 7.79. The lowest BCUT2D eigenvalue weighted by atomic mass is 10.2. The van der Waals surface area contributed by atoms with Gasteiger partial charge in [0.05, 0.1) is 6.54 Å². The number of nitrogens with zero attached hydrogens (tertiary/aromatic N) is 1. The van der Waals surface area contributed by atoms with Gasteiger partial charge in [-0.15, -0.1) is 12.4 Å². The largest absolute Gasteiger partial charge is 0.336 e. The summed E-state index contributed by atoms with van der Waals surface area (Å²) in [6.45, 7) is 1.79. The second-order valence-corrected chi connectivity index (χ2v) is 4.35. The molecule has 0 fully saturated rings. The van der Waals surface area contributed by atoms with Gasteiger partial charge in [-0.2, -0.15) is 0 Å². The fourth-order valence-corrected chi connectivity index (χ4v) is 1.46. The van der Waals surface area contributed by atoms with Crippen LogP contribution in [0, 0.1) is 0 Å². The van der Waals surface area contributed by atoms with Crippen molar-refractivity contribution in [3.05, 3.63) is 30.3 Å². The van der Waals surface area contributed by atoms with Crippen LogP contribution in [-0.2, 0) is 9.59 Å². The summed E-state index contributed by atoms with van der Waals surface area (Å²) in [6.07, 6.45) is 0.245. The quantitative estimate of drug-likeness (QED) is 0.855. The maximum absolute atomic E-state index is 11.7. The molecule has 1 aromatic carbocycles. The van der Waals surface area contributed by atoms with Crippen molar-refractivity contribution in [3.63, 3.8) is 0 Å². The van der Waals surface area contributed by atoms with E-state index in [0.29, 0.717) is 0 Å². The van der Waals surface area contributed by atoms with Crippen LogP contribution >= 0.6 is 12.4 Å². The maximum Gasteiger partial charge on any atom is 0.243 e. The van der Waals surface area contributed by atoms with E-state index < -0.39 is 0 Å². The zero-order chi connectivity index (χ0) is 13.5. The summed E-state index contributed by atoms with van der Waals surface area (Å²) in [5, 5.41) is 2.72. The molecule has 0 aromatic heterocycles. The second kappa shape index (κ2) is 8.50. The third-order valence-electron chi connectivity index (χ3n) is 2.36. The smallest absolute Gasteiger partial charge is 0.243 e. The highest BCUT2D eigenvalue weighted by molar-refractivity contribution is 5.94. The zero-order valence-electron chi connectivity index (χ0n) is 11.1. The van der Waals surface area contributed by atoms with Crippen LogP contribution < -0.4 is 11.1 Å². The van der Waals surface area contributed by atoms with Crippen molar-refractivity contribution in [2.75, 3.05) is 18.9 Å². The maximum atomic E-state index is 11.7. The highest BCUT2D eigenvalue weighted by Crippen LogP contribution is 2.05. The molecular formula is C13H20ClN3O2. The zero-order valence-corrected chi connectivity index (χ0v) is 11.9. The summed E-state index contributed by atoms with van der Waals surface area (Å²) in [7, 11) is 1.59. The Hall–Kier alpha value is -1.59. The van der Waals surface area contributed by atoms with Crippen LogP contribution in [-0.4, -0.2) is 36.3 Å². The standard InChI is InChI=1S/C13H19N3O2.ClH/c1-10(14)8-13(18)16(2)9-12(17)15-11-6-4-3-5-7-11;/h3-7,10H,8-9,14H2,1-2H3,(H,15,17);1H. The molecule has 1 rings (SSSR count). The number of hydrogen-bond donors (Lipinski definition) is 2. The molecule has 0 bridgehead atoms. The molecule has 1 unspecified atom stereocenters. The molecule has 106 valence electrons. The van der Waals surface area contributed by atoms with Gasteiger partial charge in [0.15, 0.2) is 0 Å². The monoisotopic (exact) mass is 285 g/mol. The van der Waals surface area contributed by atoms with Gasteiger partial charge in [0.25, 0.3) is 0 Å². The fraction of sp³-hybridized carbons (Fsp3) is 0.385. The number of benzene rings is 1. The van der Waals surface area contributed by atoms with Gasteiger partial charge >= 0.3 is 0 Å². The van der Waals surface area contributed by atoms with Gasteiger partial charge in [0.1, 0.15) is 0 Å². The van der Waals surface area contributed by atoms with Crippen LogP contribution in [0.4, 0.5) is 5.69 Å². The van der Waals surface area contributed by atoms with Crippen LogP contribution in [0.1, 0.15) is 13.3 Å². The van der Waals surface area contributed by atoms with Crippen molar-refractivity contribution in [3.8, 4) is 0 Å². The van der Waals surface area contributed by atoms with Gasteiger partial charge < -0.3 is 16.0 Å². The fourth-order valence-electron chi connectivity index (χ4n) is 1.46. The SMILES string of the molecule is CC(N)CC(=O)N(C)CC(=O)Nc1ccccc1.Cl. The van der Waals surface area contributed by atoms with Crippen LogP contribution in [0.15, 0.2) is 30.3 Å². The predicted octanol–water partition coefficient (Wildman–Crippen LogP) is 1.24. The first kappa shape index (κ1) is 17.4. The molecule has 0 saturated heterocycles. The van der Waals surface area contributed by atoms with Crippen LogP contribution in [0.3, 0.4) is 0 Å². The van der Waals surface area contributed by atoms with E-state index in [-0.39, 0.29) is 43.2 Å². The highest BCUT2D eigenvalue weighted by Gasteiger charge is 2.14. The minimum absolute atomic E-state index is 0. The number of carbonyl (C=O) groups is 2. The highest BCUT2D eigenvalue weighted by atomic mass is 35.5. The Morgan fingerprint density at radius 3 is 2.42 bits per heavy atom. The Bertz CT molecular complexity index is 410. The number of likely N-dealkylation sites (N-methyl/N-ethyl adjacent to an activating group) is 1. The minimum Gasteiger partial charge on any atom is -0.336 e. The van der Waals surface area contributed by atoms with E-state index in [0.717, 1.165) is 5.69 Å². The molecule has 2 amide bonds. The van der Waals surface area contributed by atoms with Crippen molar-refractivity contribution >= 4 is 29.9 Å². The average molecular weight is 286 g/mol. The summed E-state index contributed by atoms with van der Waals surface area (Å²) in [4.78, 5) is 24.7. The molecule has 0 spiro atoms. The number of amides is 2. The van der Waals surface area contributed by atoms with Crippen LogP contribution in [0.2, 0.25) is 0 Å². The average Bonchev–Trinajstić information content (AvgIpc) is 2.29. The molecule has 0 aliphatic rings. The number of rotatable bonds is 5. The topological polar surface area (TPSA) is 75.4 Å². The molecule has 19 heavy (non-hydrogen) atoms. The number of halogens is 1. The van der Waals surface area contributed by atoms with Gasteiger partial charge in [-0.1, -0.05) is 18.2 Å². The first-order valence-corrected chi connectivity index (χ1v) is 5.83. The van der Waals surface area contributed by atoms with Crippen molar-refractivity contribution in [1.82, 2.24) is 4.90 Å². The number of carbonyl (C=O) groups excluding carboxylic acids is 2. The molecule has 5 nitrogen and oxygen atoms in total. The lowest BCUT2D eigenvalue weighted by molar-refractivity contribution is -0.133. The van der Waals surface area contributed by atoms with Crippen LogP contribution in [0.25, 0.3) is 0 Å². The molecule has 0 saturated carbocycles. The number of anilines is 1. The van der Waals surface area contributed by atoms with Crippen molar-refractivity contribution in [2.45, 2.75) is 19.4 Å². The molecule has 0 aliphatic heterocycles. The summed E-state index contributed by atoms with van der Waals surface area (Å²) < 4.78 is 0. The van der Waals surface area contributed by atoms with E-state index in [1.54, 1.807) is 26.1 Å². The van der Waals surface area contributed by atoms with E-state index >= 15 is 0 Å². The first-order valence-electron chi connectivity index (χ1n) is 5.83. The summed E-state index contributed by atoms with van der Waals surface area (Å²) >= 11 is 0. The number of nitrogens with two attached hydrogens (primary N) is 1. The normalized spacial score (nSPS) is 11.1. The van der Waals surface area contributed by atoms with Crippen molar-refractivity contribution < 1.29 is 9.59 Å². The Balaban J connectivity index is 0.00000324. The van der Waals surface area contributed by atoms with Crippen molar-refractivity contribution in [1.29, 1.82) is 0 Å². The molecule has 0 radical (unpaired) electrons. The van der Waals surface area contributed by atoms with Crippen molar-refractivity contribution in [2.24, 2.45) is 5.73 Å². The lowest BCUT2D eigenvalue weighted by Gasteiger charge is -2.17. The molecule has 1 atom stereocenters. The summed E-state index contributed by atoms with van der Waals surface area (Å²) in [5.41, 5.74) is 6.26. The van der Waals surface area contributed by atoms with E-state index in [4.69, 9.17) is 5.73 Å². The van der Waals surface area contributed by atoms with Gasteiger partial charge in [-0.3, -0.25) is 9.59 Å². The summed E-state index contributed by atoms with van der Waals surface area (Å²) in [6, 6.07) is 8.93. The Labute approximate surface area is 119 Å². The van der Waals surface area contributed by atoms with E-state index in [9.17, 15) is 9.59 Å². The predicted molar refractivity (Wildman–Crippen MR) is 78.2 cm³/mol. The van der Waals surface area contributed by atoms with Crippen LogP contribution in [0.5, 0.6) is 0 Å². The van der Waals surface area contributed by atoms with Gasteiger partial charge in [0, 0.05) is 25.2 Å². The van der Waals surface area contributed by atoms with E-state index in [2.05, 4.69) is 5.32 Å². The molecule has 0 aliphatic carbocycles. The van der Waals surface area contributed by atoms with Gasteiger partial charge in [0.2, 0.25) is 11.8 Å². The Morgan fingerprint density at radius 1 is 1.32 bits per heavy atom. The molecule has 6 heteroatoms. The summed E-state index contributed by atoms with van der Waals surface area (Å²) in [5.74, 6) is -0.352. The lowest BCUT2D eigenvalue weighted by Crippen LogP contribution is -2.37. The van der Waals surface area contributed by atoms with Gasteiger partial charge in [-0.05, 0) is 19.1 Å². The van der Waals surface area contributed by atoms with E-state index in [1.165, 1.54) is 4.90 Å². The minimum atomic E-state index is -0.221. The molecular weight excluding hydrogens is 266 g/mol. The number of nitrogens with one attached hydrogen (secondary N) is 1. The first-order chi connectivity index (χ1) is 8.49. The third kappa shape index (κ3) is 6.79. The van der Waals surface area contributed by atoms with E-state index in [1.807, 2.05) is 18.2 Å². The number of para-hydroxylation sites is 1. The van der Waals surface area contributed by atoms with Gasteiger partial charge in [-0.25, -0.2) is 0 Å². The Morgan fingerprint density at radius 2 is 1.89 bits per heavy atom. The number of hydrogen-bond acceptors (Lipinski definition) is 3. The molecule has 3 N–H and O–H groups in total. The molecule has 0 heterocycles. The second-order valence-electron chi connectivity index (χ2n) is 4.35. The third-order valence-corrected chi connectivity index (χ3v) is 2.36.